The summed E-state index contributed by atoms with van der Waals surface area (Å²) in [4.78, 5) is 0. The van der Waals surface area contributed by atoms with Gasteiger partial charge in [0.25, 0.3) is 0 Å². The van der Waals surface area contributed by atoms with Crippen LogP contribution < -0.4 is 4.74 Å². The monoisotopic (exact) mass is 234 g/mol. The lowest BCUT2D eigenvalue weighted by Crippen LogP contribution is -1.85. The number of hydrogen-bond donors (Lipinski definition) is 0. The van der Waals surface area contributed by atoms with E-state index in [0.29, 0.717) is 20.8 Å². The van der Waals surface area contributed by atoms with Crippen LogP contribution in [0.3, 0.4) is 0 Å². The van der Waals surface area contributed by atoms with Gasteiger partial charge in [0, 0.05) is 11.9 Å². The molecule has 0 atom stereocenters. The molecule has 0 heterocycles. The summed E-state index contributed by atoms with van der Waals surface area (Å²) in [6.07, 6.45) is 2.40. The molecule has 1 rings (SSSR count). The van der Waals surface area contributed by atoms with Gasteiger partial charge in [-0.15, -0.1) is 0 Å². The molecule has 0 N–H and O–H groups in total. The number of benzene rings is 1. The molecule has 0 bridgehead atoms. The summed E-state index contributed by atoms with van der Waals surface area (Å²) in [6.45, 7) is 1.65. The van der Waals surface area contributed by atoms with E-state index in [2.05, 4.69) is 12.0 Å². The molecule has 0 unspecified atom stereocenters. The molecule has 13 heavy (non-hydrogen) atoms. The Morgan fingerprint density at radius 1 is 1.15 bits per heavy atom. The number of ether oxygens (including phenoxy) is 1. The van der Waals surface area contributed by atoms with Gasteiger partial charge in [-0.1, -0.05) is 40.7 Å². The van der Waals surface area contributed by atoms with Crippen LogP contribution in [0, 0.1) is 12.0 Å². The van der Waals surface area contributed by atoms with Crippen molar-refractivity contribution in [3.63, 3.8) is 0 Å². The third kappa shape index (κ3) is 2.70. The predicted molar refractivity (Wildman–Crippen MR) is 55.6 cm³/mol. The molecule has 0 fully saturated rings. The molecule has 0 aliphatic heterocycles. The highest BCUT2D eigenvalue weighted by atomic mass is 35.5. The van der Waals surface area contributed by atoms with E-state index in [1.807, 2.05) is 0 Å². The summed E-state index contributed by atoms with van der Waals surface area (Å²) in [7, 11) is 0. The lowest BCUT2D eigenvalue weighted by atomic mass is 10.3. The standard InChI is InChI=1S/C9H5Cl3O/c1-2-3-13-9-7(11)4-6(10)5-8(9)12/h4-5H,1H3. The molecule has 1 aromatic carbocycles. The Bertz CT molecular complexity index is 353. The van der Waals surface area contributed by atoms with Gasteiger partial charge >= 0.3 is 0 Å². The van der Waals surface area contributed by atoms with Crippen molar-refractivity contribution in [2.45, 2.75) is 6.92 Å². The van der Waals surface area contributed by atoms with Gasteiger partial charge in [0.1, 0.15) is 6.11 Å². The van der Waals surface area contributed by atoms with Crippen molar-refractivity contribution >= 4 is 34.8 Å². The third-order valence-electron chi connectivity index (χ3n) is 1.22. The van der Waals surface area contributed by atoms with Crippen LogP contribution in [-0.4, -0.2) is 0 Å². The number of rotatable bonds is 1. The van der Waals surface area contributed by atoms with Gasteiger partial charge < -0.3 is 4.74 Å². The Balaban J connectivity index is 3.10. The average molecular weight is 235 g/mol. The van der Waals surface area contributed by atoms with E-state index in [1.165, 1.54) is 0 Å². The second-order valence-electron chi connectivity index (χ2n) is 2.15. The minimum absolute atomic E-state index is 0.335. The van der Waals surface area contributed by atoms with E-state index >= 15 is 0 Å². The fourth-order valence-electron chi connectivity index (χ4n) is 0.729. The fourth-order valence-corrected chi connectivity index (χ4v) is 1.62. The molecule has 0 saturated carbocycles. The zero-order valence-electron chi connectivity index (χ0n) is 6.70. The topological polar surface area (TPSA) is 9.23 Å². The summed E-state index contributed by atoms with van der Waals surface area (Å²) in [6, 6.07) is 3.09. The molecule has 0 aliphatic carbocycles. The maximum absolute atomic E-state index is 5.81. The Kier molecular flexibility index (Phi) is 3.74. The SMILES string of the molecule is CC#COc1c(Cl)cc(Cl)cc1Cl. The van der Waals surface area contributed by atoms with Gasteiger partial charge in [-0.05, 0) is 12.1 Å². The Hall–Kier alpha value is -0.550. The van der Waals surface area contributed by atoms with Crippen molar-refractivity contribution in [2.75, 3.05) is 0 Å². The van der Waals surface area contributed by atoms with Crippen LogP contribution in [0.15, 0.2) is 12.1 Å². The highest BCUT2D eigenvalue weighted by Gasteiger charge is 2.08. The molecule has 0 spiro atoms. The van der Waals surface area contributed by atoms with Crippen LogP contribution in [0.5, 0.6) is 5.75 Å². The van der Waals surface area contributed by atoms with Crippen LogP contribution in [0.2, 0.25) is 15.1 Å². The summed E-state index contributed by atoms with van der Waals surface area (Å²) >= 11 is 17.3. The van der Waals surface area contributed by atoms with Gasteiger partial charge in [0.2, 0.25) is 0 Å². The van der Waals surface area contributed by atoms with Gasteiger partial charge in [-0.3, -0.25) is 0 Å². The minimum Gasteiger partial charge on any atom is -0.404 e. The van der Waals surface area contributed by atoms with E-state index in [9.17, 15) is 0 Å². The molecule has 68 valence electrons. The largest absolute Gasteiger partial charge is 0.404 e. The van der Waals surface area contributed by atoms with Crippen molar-refractivity contribution < 1.29 is 4.74 Å². The van der Waals surface area contributed by atoms with Crippen molar-refractivity contribution in [3.05, 3.63) is 27.2 Å². The van der Waals surface area contributed by atoms with E-state index < -0.39 is 0 Å². The lowest BCUT2D eigenvalue weighted by molar-refractivity contribution is 0.520. The molecular weight excluding hydrogens is 230 g/mol. The normalized spacial score (nSPS) is 8.92. The van der Waals surface area contributed by atoms with E-state index in [0.717, 1.165) is 0 Å². The van der Waals surface area contributed by atoms with Crippen molar-refractivity contribution in [1.82, 2.24) is 0 Å². The molecule has 1 aromatic rings. The van der Waals surface area contributed by atoms with Crippen LogP contribution in [0.25, 0.3) is 0 Å². The Morgan fingerprint density at radius 3 is 2.15 bits per heavy atom. The zero-order valence-corrected chi connectivity index (χ0v) is 8.96. The van der Waals surface area contributed by atoms with E-state index in [4.69, 9.17) is 39.5 Å². The van der Waals surface area contributed by atoms with Crippen molar-refractivity contribution in [3.8, 4) is 17.8 Å². The molecule has 4 heteroatoms. The molecule has 1 nitrogen and oxygen atoms in total. The summed E-state index contributed by atoms with van der Waals surface area (Å²) in [5.74, 6) is 2.90. The van der Waals surface area contributed by atoms with E-state index in [-0.39, 0.29) is 0 Å². The second kappa shape index (κ2) is 4.62. The molecule has 0 saturated heterocycles. The highest BCUT2D eigenvalue weighted by molar-refractivity contribution is 6.40. The molecule has 0 amide bonds. The first kappa shape index (κ1) is 10.5. The van der Waals surface area contributed by atoms with Crippen LogP contribution in [-0.2, 0) is 0 Å². The van der Waals surface area contributed by atoms with Gasteiger partial charge in [-0.25, -0.2) is 0 Å². The molecule has 0 radical (unpaired) electrons. The Labute approximate surface area is 91.5 Å². The van der Waals surface area contributed by atoms with Gasteiger partial charge in [-0.2, -0.15) is 0 Å². The zero-order chi connectivity index (χ0) is 9.84. The van der Waals surface area contributed by atoms with Crippen LogP contribution in [0.4, 0.5) is 0 Å². The predicted octanol–water partition coefficient (Wildman–Crippen LogP) is 4.01. The quantitative estimate of drug-likeness (QED) is 0.668. The number of hydrogen-bond acceptors (Lipinski definition) is 1. The van der Waals surface area contributed by atoms with E-state index in [1.54, 1.807) is 19.1 Å². The van der Waals surface area contributed by atoms with Gasteiger partial charge in [0.05, 0.1) is 10.0 Å². The van der Waals surface area contributed by atoms with Crippen molar-refractivity contribution in [2.24, 2.45) is 0 Å². The average Bonchev–Trinajstić information content (AvgIpc) is 2.02. The smallest absolute Gasteiger partial charge is 0.177 e. The number of halogens is 3. The first-order valence-corrected chi connectivity index (χ1v) is 4.51. The first-order chi connectivity index (χ1) is 6.15. The summed E-state index contributed by atoms with van der Waals surface area (Å²) in [5.41, 5.74) is 0. The maximum Gasteiger partial charge on any atom is 0.177 e. The van der Waals surface area contributed by atoms with Crippen LogP contribution >= 0.6 is 34.8 Å². The fraction of sp³-hybridized carbons (Fsp3) is 0.111. The van der Waals surface area contributed by atoms with Crippen LogP contribution in [0.1, 0.15) is 6.92 Å². The Morgan fingerprint density at radius 2 is 1.69 bits per heavy atom. The van der Waals surface area contributed by atoms with Gasteiger partial charge in [0.15, 0.2) is 5.75 Å². The molecular formula is C9H5Cl3O. The second-order valence-corrected chi connectivity index (χ2v) is 3.40. The molecule has 0 aromatic heterocycles. The lowest BCUT2D eigenvalue weighted by Gasteiger charge is -2.03. The third-order valence-corrected chi connectivity index (χ3v) is 2.00. The van der Waals surface area contributed by atoms with Crippen molar-refractivity contribution in [1.29, 1.82) is 0 Å². The minimum atomic E-state index is 0.335. The maximum atomic E-state index is 5.81. The summed E-state index contributed by atoms with van der Waals surface area (Å²) in [5, 5.41) is 1.16. The first-order valence-electron chi connectivity index (χ1n) is 3.38. The highest BCUT2D eigenvalue weighted by Crippen LogP contribution is 2.35. The molecule has 0 aliphatic rings. The summed E-state index contributed by atoms with van der Waals surface area (Å²) < 4.78 is 4.99.